The minimum Gasteiger partial charge on any atom is -0.870 e. The monoisotopic (exact) mass is 990 g/mol. The maximum atomic E-state index is 13.2. The van der Waals surface area contributed by atoms with Gasteiger partial charge in [0.2, 0.25) is 0 Å². The standard InChI is InChI=1S/C33H26N8O15S4.4Na/c34-23-13-21(57(45,46)47)9-15-11-25(59(51,52)53)29(31(42)27(15)23)40-38-19-5-1-17(2-6-19)36-33(44)37-18-3-7-20(8-4-18)39-41-30-26(60(54,55)56)12-16-10-22(58(48,49)50)14-24(35)28(16)32(30)43;;;;/h1-14,42-43H,34-35H2,(H2,36,37,44)(H,45,46,47)(H,48,49,50)(H,51,52,53)(H,54,55,56);;;;/q;4*+1/p-4. The minimum atomic E-state index is -5.15. The van der Waals surface area contributed by atoms with E-state index < -0.39 is 111 Å². The molecule has 0 saturated carbocycles. The van der Waals surface area contributed by atoms with Crippen LogP contribution in [0.3, 0.4) is 0 Å². The second-order valence-corrected chi connectivity index (χ2v) is 17.8. The number of amides is 2. The number of hydrogen-bond acceptors (Lipinski definition) is 19. The molecule has 64 heavy (non-hydrogen) atoms. The number of azo groups is 2. The van der Waals surface area contributed by atoms with Crippen molar-refractivity contribution in [3.63, 3.8) is 0 Å². The molecule has 6 aromatic rings. The van der Waals surface area contributed by atoms with E-state index in [1.807, 2.05) is 0 Å². The first kappa shape index (κ1) is 57.3. The van der Waals surface area contributed by atoms with Crippen molar-refractivity contribution < 1.29 is 185 Å². The predicted molar refractivity (Wildman–Crippen MR) is 205 cm³/mol. The van der Waals surface area contributed by atoms with Gasteiger partial charge in [-0.15, -0.1) is 10.2 Å². The number of hydrogen-bond donors (Lipinski definition) is 6. The number of fused-ring (bicyclic) bond motifs is 2. The Bertz CT molecular complexity index is 3110. The number of nitrogens with one attached hydrogen (secondary N) is 2. The van der Waals surface area contributed by atoms with Gasteiger partial charge in [0.05, 0.1) is 32.5 Å². The van der Waals surface area contributed by atoms with Crippen molar-refractivity contribution in [2.45, 2.75) is 19.6 Å². The summed E-state index contributed by atoms with van der Waals surface area (Å²) in [5.41, 5.74) is 9.32. The van der Waals surface area contributed by atoms with Crippen molar-refractivity contribution in [1.29, 1.82) is 0 Å². The van der Waals surface area contributed by atoms with E-state index in [4.69, 9.17) is 11.5 Å². The topological polar surface area (TPSA) is 412 Å². The fraction of sp³-hybridized carbons (Fsp3) is 0. The van der Waals surface area contributed by atoms with Crippen molar-refractivity contribution >= 4 is 114 Å². The molecule has 0 unspecified atom stereocenters. The molecule has 0 aliphatic carbocycles. The van der Waals surface area contributed by atoms with Crippen LogP contribution in [0.1, 0.15) is 0 Å². The zero-order chi connectivity index (χ0) is 44.1. The largest absolute Gasteiger partial charge is 1.00 e. The Morgan fingerprint density at radius 3 is 1.11 bits per heavy atom. The molecule has 0 atom stereocenters. The van der Waals surface area contributed by atoms with Gasteiger partial charge in [-0.1, -0.05) is 11.5 Å². The van der Waals surface area contributed by atoms with E-state index in [9.17, 15) is 66.9 Å². The van der Waals surface area contributed by atoms with Crippen LogP contribution in [0.2, 0.25) is 0 Å². The van der Waals surface area contributed by atoms with Gasteiger partial charge in [-0.2, -0.15) is 27.1 Å². The molecule has 2 amide bonds. The molecule has 0 bridgehead atoms. The van der Waals surface area contributed by atoms with Crippen LogP contribution in [0.25, 0.3) is 21.5 Å². The third kappa shape index (κ3) is 13.2. The molecule has 0 spiro atoms. The normalized spacial score (nSPS) is 11.9. The van der Waals surface area contributed by atoms with E-state index in [2.05, 4.69) is 31.1 Å². The second kappa shape index (κ2) is 21.8. The van der Waals surface area contributed by atoms with Crippen LogP contribution in [-0.2, 0) is 40.5 Å². The Labute approximate surface area is 451 Å². The third-order valence-electron chi connectivity index (χ3n) is 8.18. The SMILES string of the molecule is Nc1cc(S(=O)(=O)[O-])cc2cc(S(=O)(=O)O)c(N=Nc3ccc(NC(=O)Nc4ccc(N=Nc5c(S(=O)(=O)O)cc6cc(S(=O)(=O)[O-])cc(N)c6c5[O-])cc4)cc3)c([O-])c12.[Na+].[Na+].[Na+].[Na+]. The summed E-state index contributed by atoms with van der Waals surface area (Å²) in [5, 5.41) is 44.8. The smallest absolute Gasteiger partial charge is 0.870 e. The van der Waals surface area contributed by atoms with E-state index in [1.165, 1.54) is 48.5 Å². The molecule has 0 saturated heterocycles. The summed E-state index contributed by atoms with van der Waals surface area (Å²) in [4.78, 5) is 8.88. The van der Waals surface area contributed by atoms with Gasteiger partial charge in [-0.25, -0.2) is 21.6 Å². The molecular weight excluding hydrogens is 969 g/mol. The van der Waals surface area contributed by atoms with Crippen molar-refractivity contribution in [2.24, 2.45) is 20.5 Å². The van der Waals surface area contributed by atoms with Crippen LogP contribution >= 0.6 is 0 Å². The van der Waals surface area contributed by atoms with E-state index in [0.717, 1.165) is 0 Å². The molecular formula is C33H22N8Na4O15S4. The Kier molecular flexibility index (Phi) is 19.6. The molecule has 0 heterocycles. The molecule has 0 aliphatic rings. The predicted octanol–water partition coefficient (Wildman–Crippen LogP) is -7.90. The summed E-state index contributed by atoms with van der Waals surface area (Å²) < 4.78 is 137. The molecule has 0 radical (unpaired) electrons. The number of nitrogen functional groups attached to an aromatic ring is 2. The zero-order valence-corrected chi connectivity index (χ0v) is 44.6. The van der Waals surface area contributed by atoms with Gasteiger partial charge in [0, 0.05) is 22.7 Å². The summed E-state index contributed by atoms with van der Waals surface area (Å²) in [7, 11) is -20.4. The molecule has 0 aliphatic heterocycles. The van der Waals surface area contributed by atoms with E-state index in [0.29, 0.717) is 36.4 Å². The Balaban J connectivity index is 0.00000352. The Morgan fingerprint density at radius 2 is 0.828 bits per heavy atom. The van der Waals surface area contributed by atoms with Gasteiger partial charge in [0.1, 0.15) is 30.0 Å². The quantitative estimate of drug-likeness (QED) is 0.0321. The third-order valence-corrected chi connectivity index (χ3v) is 11.5. The van der Waals surface area contributed by atoms with E-state index >= 15 is 0 Å². The number of anilines is 4. The minimum absolute atomic E-state index is 0. The maximum absolute atomic E-state index is 13.2. The molecule has 6 rings (SSSR count). The first-order valence-corrected chi connectivity index (χ1v) is 21.6. The number of urea groups is 1. The first-order valence-electron chi connectivity index (χ1n) is 15.9. The van der Waals surface area contributed by atoms with Crippen molar-refractivity contribution in [2.75, 3.05) is 22.1 Å². The van der Waals surface area contributed by atoms with Gasteiger partial charge in [-0.3, -0.25) is 9.11 Å². The molecule has 312 valence electrons. The summed E-state index contributed by atoms with van der Waals surface area (Å²) in [6, 6.07) is 14.1. The number of benzene rings is 6. The van der Waals surface area contributed by atoms with E-state index in [-0.39, 0.29) is 152 Å². The van der Waals surface area contributed by atoms with Gasteiger partial charge in [0.25, 0.3) is 20.2 Å². The fourth-order valence-corrected chi connectivity index (χ4v) is 7.95. The number of carbonyl (C=O) groups is 1. The van der Waals surface area contributed by atoms with Crippen LogP contribution in [0.15, 0.2) is 125 Å². The molecule has 8 N–H and O–H groups in total. The van der Waals surface area contributed by atoms with Crippen LogP contribution in [0.4, 0.5) is 50.3 Å². The van der Waals surface area contributed by atoms with Crippen LogP contribution in [0, 0.1) is 0 Å². The maximum Gasteiger partial charge on any atom is 1.00 e. The second-order valence-electron chi connectivity index (χ2n) is 12.3. The van der Waals surface area contributed by atoms with E-state index in [1.54, 1.807) is 0 Å². The molecule has 0 aromatic heterocycles. The molecule has 6 aromatic carbocycles. The average molecular weight is 991 g/mol. The Hall–Kier alpha value is -2.85. The van der Waals surface area contributed by atoms with Crippen molar-refractivity contribution in [3.05, 3.63) is 84.9 Å². The van der Waals surface area contributed by atoms with Crippen LogP contribution < -0.4 is 151 Å². The van der Waals surface area contributed by atoms with Crippen LogP contribution in [-0.4, -0.2) is 57.9 Å². The van der Waals surface area contributed by atoms with Gasteiger partial charge in [0.15, 0.2) is 0 Å². The number of nitrogens with zero attached hydrogens (tertiary/aromatic N) is 4. The van der Waals surface area contributed by atoms with Crippen molar-refractivity contribution in [3.8, 4) is 11.5 Å². The summed E-state index contributed by atoms with van der Waals surface area (Å²) in [5.74, 6) is -2.31. The number of rotatable bonds is 10. The van der Waals surface area contributed by atoms with Gasteiger partial charge < -0.3 is 41.4 Å². The van der Waals surface area contributed by atoms with Crippen molar-refractivity contribution in [1.82, 2.24) is 0 Å². The Morgan fingerprint density at radius 1 is 0.516 bits per heavy atom. The zero-order valence-electron chi connectivity index (χ0n) is 33.4. The molecule has 0 fully saturated rings. The van der Waals surface area contributed by atoms with Gasteiger partial charge >= 0.3 is 124 Å². The molecule has 31 heteroatoms. The van der Waals surface area contributed by atoms with Crippen LogP contribution in [0.5, 0.6) is 11.5 Å². The first-order chi connectivity index (χ1) is 27.8. The number of nitrogens with two attached hydrogens (primary N) is 2. The molecule has 23 nitrogen and oxygen atoms in total. The van der Waals surface area contributed by atoms with Gasteiger partial charge in [-0.05, 0) is 106 Å². The number of carbonyl (C=O) groups excluding carboxylic acids is 1. The summed E-state index contributed by atoms with van der Waals surface area (Å²) in [6.45, 7) is 0. The average Bonchev–Trinajstić information content (AvgIpc) is 3.13. The fourth-order valence-electron chi connectivity index (χ4n) is 5.55. The summed E-state index contributed by atoms with van der Waals surface area (Å²) in [6.07, 6.45) is 0. The summed E-state index contributed by atoms with van der Waals surface area (Å²) >= 11 is 0.